The molecule has 2 atom stereocenters. The summed E-state index contributed by atoms with van der Waals surface area (Å²) in [5.74, 6) is -0.200. The Bertz CT molecular complexity index is 377. The van der Waals surface area contributed by atoms with Crippen LogP contribution in [0, 0.1) is 0 Å². The highest BCUT2D eigenvalue weighted by atomic mass is 32.2. The number of hydrogen-bond donors (Lipinski definition) is 3. The minimum absolute atomic E-state index is 0.00278. The summed E-state index contributed by atoms with van der Waals surface area (Å²) in [5.41, 5.74) is 1.38. The lowest BCUT2D eigenvalue weighted by atomic mass is 10.2. The minimum Gasteiger partial charge on any atom is -0.395 e. The second kappa shape index (κ2) is 7.43. The number of aliphatic hydroxyl groups excluding tert-OH is 1. The lowest BCUT2D eigenvalue weighted by Gasteiger charge is -2.20. The average molecular weight is 271 g/mol. The molecular weight excluding hydrogens is 250 g/mol. The van der Waals surface area contributed by atoms with Crippen molar-refractivity contribution in [2.75, 3.05) is 12.9 Å². The summed E-state index contributed by atoms with van der Waals surface area (Å²) in [6.45, 7) is 4.01. The maximum absolute atomic E-state index is 11.9. The third kappa shape index (κ3) is 4.03. The fourth-order valence-corrected chi connectivity index (χ4v) is 2.31. The molecule has 3 N–H and O–H groups in total. The van der Waals surface area contributed by atoms with E-state index in [-0.39, 0.29) is 23.8 Å². The molecule has 0 bridgehead atoms. The predicted molar refractivity (Wildman–Crippen MR) is 73.9 cm³/mol. The zero-order chi connectivity index (χ0) is 13.5. The van der Waals surface area contributed by atoms with Crippen molar-refractivity contribution in [3.63, 3.8) is 0 Å². The minimum atomic E-state index is -0.200. The molecule has 1 amide bonds. The first-order valence-corrected chi connectivity index (χ1v) is 7.40. The fourth-order valence-electron chi connectivity index (χ4n) is 1.69. The lowest BCUT2D eigenvalue weighted by Crippen LogP contribution is -2.41. The van der Waals surface area contributed by atoms with Gasteiger partial charge in [0, 0.05) is 17.0 Å². The Kier molecular flexibility index (Phi) is 6.21. The molecule has 5 nitrogen and oxygen atoms in total. The number of aryl methyl sites for hydroxylation is 1. The summed E-state index contributed by atoms with van der Waals surface area (Å²) < 4.78 is 0. The lowest BCUT2D eigenvalue weighted by molar-refractivity contribution is 0.0931. The topological polar surface area (TPSA) is 78.0 Å². The van der Waals surface area contributed by atoms with Gasteiger partial charge in [0.25, 0.3) is 5.91 Å². The molecule has 6 heteroatoms. The largest absolute Gasteiger partial charge is 0.395 e. The van der Waals surface area contributed by atoms with Gasteiger partial charge in [0.2, 0.25) is 0 Å². The number of thioether (sulfide) groups is 1. The molecule has 2 unspecified atom stereocenters. The number of nitrogens with zero attached hydrogens (tertiary/aromatic N) is 1. The van der Waals surface area contributed by atoms with Crippen LogP contribution in [0.2, 0.25) is 0 Å². The van der Waals surface area contributed by atoms with Crippen LogP contribution in [-0.2, 0) is 6.42 Å². The van der Waals surface area contributed by atoms with E-state index < -0.39 is 0 Å². The molecule has 0 aliphatic rings. The maximum atomic E-state index is 11.9. The van der Waals surface area contributed by atoms with Crippen molar-refractivity contribution in [3.8, 4) is 0 Å². The van der Waals surface area contributed by atoms with Crippen molar-refractivity contribution in [1.82, 2.24) is 15.5 Å². The summed E-state index contributed by atoms with van der Waals surface area (Å²) in [4.78, 5) is 11.9. The fraction of sp³-hybridized carbons (Fsp3) is 0.667. The number of amides is 1. The zero-order valence-corrected chi connectivity index (χ0v) is 11.9. The van der Waals surface area contributed by atoms with Gasteiger partial charge in [0.1, 0.15) is 5.69 Å². The molecule has 102 valence electrons. The Labute approximate surface area is 112 Å². The number of aromatic nitrogens is 2. The van der Waals surface area contributed by atoms with Gasteiger partial charge >= 0.3 is 0 Å². The maximum Gasteiger partial charge on any atom is 0.272 e. The van der Waals surface area contributed by atoms with Crippen LogP contribution in [0.25, 0.3) is 0 Å². The number of carbonyl (C=O) groups excluding carboxylic acids is 1. The Hall–Kier alpha value is -1.01. The van der Waals surface area contributed by atoms with Crippen molar-refractivity contribution in [2.24, 2.45) is 0 Å². The van der Waals surface area contributed by atoms with Gasteiger partial charge in [-0.1, -0.05) is 13.3 Å². The van der Waals surface area contributed by atoms with Crippen molar-refractivity contribution >= 4 is 17.7 Å². The first-order chi connectivity index (χ1) is 8.62. The van der Waals surface area contributed by atoms with Crippen molar-refractivity contribution in [3.05, 3.63) is 17.5 Å². The second-order valence-corrected chi connectivity index (χ2v) is 5.32. The number of nitrogens with one attached hydrogen (secondary N) is 2. The first kappa shape index (κ1) is 15.0. The van der Waals surface area contributed by atoms with Crippen molar-refractivity contribution in [2.45, 2.75) is 38.0 Å². The van der Waals surface area contributed by atoms with Gasteiger partial charge in [-0.15, -0.1) is 0 Å². The van der Waals surface area contributed by atoms with Crippen LogP contribution in [-0.4, -0.2) is 45.4 Å². The second-order valence-electron chi connectivity index (χ2n) is 4.25. The Morgan fingerprint density at radius 3 is 2.94 bits per heavy atom. The van der Waals surface area contributed by atoms with Crippen LogP contribution in [0.4, 0.5) is 0 Å². The van der Waals surface area contributed by atoms with E-state index in [9.17, 15) is 4.79 Å². The average Bonchev–Trinajstić information content (AvgIpc) is 2.79. The molecular formula is C12H21N3O2S. The van der Waals surface area contributed by atoms with Gasteiger partial charge in [0.15, 0.2) is 0 Å². The molecule has 0 aromatic carbocycles. The van der Waals surface area contributed by atoms with Crippen LogP contribution < -0.4 is 5.32 Å². The van der Waals surface area contributed by atoms with Crippen molar-refractivity contribution < 1.29 is 9.90 Å². The highest BCUT2D eigenvalue weighted by molar-refractivity contribution is 7.99. The predicted octanol–water partition coefficient (Wildman–Crippen LogP) is 1.20. The molecule has 1 rings (SSSR count). The van der Waals surface area contributed by atoms with E-state index in [2.05, 4.69) is 22.4 Å². The van der Waals surface area contributed by atoms with E-state index in [1.165, 1.54) is 11.8 Å². The highest BCUT2D eigenvalue weighted by Crippen LogP contribution is 2.11. The first-order valence-electron chi connectivity index (χ1n) is 6.11. The zero-order valence-electron chi connectivity index (χ0n) is 11.1. The molecule has 0 aliphatic carbocycles. The molecule has 0 spiro atoms. The summed E-state index contributed by atoms with van der Waals surface area (Å²) in [5, 5.41) is 18.9. The SMILES string of the molecule is CCCc1cc(C(=O)NC(C)C(CO)SC)n[nH]1. The van der Waals surface area contributed by atoms with Gasteiger partial charge in [-0.05, 0) is 25.7 Å². The van der Waals surface area contributed by atoms with E-state index in [4.69, 9.17) is 5.11 Å². The number of carbonyl (C=O) groups is 1. The molecule has 0 fully saturated rings. The monoisotopic (exact) mass is 271 g/mol. The van der Waals surface area contributed by atoms with Crippen LogP contribution in [0.5, 0.6) is 0 Å². The van der Waals surface area contributed by atoms with Crippen LogP contribution in [0.1, 0.15) is 36.5 Å². The standard InChI is InChI=1S/C12H21N3O2S/c1-4-5-9-6-10(15-14-9)12(17)13-8(2)11(7-16)18-3/h6,8,11,16H,4-5,7H2,1-3H3,(H,13,17)(H,14,15). The smallest absolute Gasteiger partial charge is 0.272 e. The summed E-state index contributed by atoms with van der Waals surface area (Å²) in [6.07, 6.45) is 3.82. The molecule has 1 aromatic heterocycles. The number of aliphatic hydroxyl groups is 1. The Morgan fingerprint density at radius 2 is 2.39 bits per heavy atom. The normalized spacial score (nSPS) is 14.2. The van der Waals surface area contributed by atoms with E-state index in [0.29, 0.717) is 5.69 Å². The number of hydrogen-bond acceptors (Lipinski definition) is 4. The highest BCUT2D eigenvalue weighted by Gasteiger charge is 2.19. The number of H-pyrrole nitrogens is 1. The van der Waals surface area contributed by atoms with Gasteiger partial charge < -0.3 is 10.4 Å². The van der Waals surface area contributed by atoms with E-state index >= 15 is 0 Å². The molecule has 0 saturated heterocycles. The summed E-state index contributed by atoms with van der Waals surface area (Å²) >= 11 is 1.54. The number of rotatable bonds is 7. The van der Waals surface area contributed by atoms with Crippen LogP contribution in [0.3, 0.4) is 0 Å². The summed E-state index contributed by atoms with van der Waals surface area (Å²) in [6, 6.07) is 1.68. The number of aromatic amines is 1. The van der Waals surface area contributed by atoms with Gasteiger partial charge in [0.05, 0.1) is 6.61 Å². The van der Waals surface area contributed by atoms with Gasteiger partial charge in [-0.3, -0.25) is 9.89 Å². The van der Waals surface area contributed by atoms with Crippen LogP contribution in [0.15, 0.2) is 6.07 Å². The van der Waals surface area contributed by atoms with Gasteiger partial charge in [-0.25, -0.2) is 0 Å². The third-order valence-corrected chi connectivity index (χ3v) is 3.94. The van der Waals surface area contributed by atoms with E-state index in [1.807, 2.05) is 13.2 Å². The Balaban J connectivity index is 2.58. The van der Waals surface area contributed by atoms with E-state index in [0.717, 1.165) is 18.5 Å². The third-order valence-electron chi connectivity index (χ3n) is 2.78. The molecule has 1 heterocycles. The van der Waals surface area contributed by atoms with E-state index in [1.54, 1.807) is 6.07 Å². The van der Waals surface area contributed by atoms with Gasteiger partial charge in [-0.2, -0.15) is 16.9 Å². The quantitative estimate of drug-likeness (QED) is 0.696. The van der Waals surface area contributed by atoms with Crippen molar-refractivity contribution in [1.29, 1.82) is 0 Å². The Morgan fingerprint density at radius 1 is 1.67 bits per heavy atom. The molecule has 1 aromatic rings. The molecule has 18 heavy (non-hydrogen) atoms. The molecule has 0 saturated carbocycles. The van der Waals surface area contributed by atoms with Crippen LogP contribution >= 0.6 is 11.8 Å². The summed E-state index contributed by atoms with van der Waals surface area (Å²) in [7, 11) is 0. The molecule has 0 radical (unpaired) electrons. The molecule has 0 aliphatic heterocycles.